The first-order chi connectivity index (χ1) is 9.15. The maximum atomic E-state index is 10.7. The Hall–Kier alpha value is -1.20. The van der Waals surface area contributed by atoms with Gasteiger partial charge in [-0.25, -0.2) is 4.79 Å². The van der Waals surface area contributed by atoms with E-state index in [4.69, 9.17) is 9.84 Å². The molecule has 5 heteroatoms. The summed E-state index contributed by atoms with van der Waals surface area (Å²) in [5, 5.41) is 12.2. The molecule has 0 atom stereocenters. The van der Waals surface area contributed by atoms with Gasteiger partial charge in [0.15, 0.2) is 0 Å². The molecule has 1 aromatic carbocycles. The third-order valence-electron chi connectivity index (χ3n) is 3.34. The molecule has 4 nitrogen and oxygen atoms in total. The fourth-order valence-electron chi connectivity index (χ4n) is 1.84. The minimum atomic E-state index is -0.917. The van der Waals surface area contributed by atoms with Gasteiger partial charge in [-0.2, -0.15) is 11.8 Å². The van der Waals surface area contributed by atoms with Crippen LogP contribution in [-0.2, 0) is 0 Å². The van der Waals surface area contributed by atoms with E-state index in [0.717, 1.165) is 13.1 Å². The highest BCUT2D eigenvalue weighted by molar-refractivity contribution is 8.00. The summed E-state index contributed by atoms with van der Waals surface area (Å²) in [6, 6.07) is 6.48. The van der Waals surface area contributed by atoms with Gasteiger partial charge >= 0.3 is 5.97 Å². The van der Waals surface area contributed by atoms with Crippen molar-refractivity contribution in [3.8, 4) is 5.75 Å². The number of nitrogens with one attached hydrogen (secondary N) is 1. The van der Waals surface area contributed by atoms with Crippen LogP contribution in [0, 0.1) is 0 Å². The van der Waals surface area contributed by atoms with Crippen LogP contribution in [0.15, 0.2) is 24.3 Å². The van der Waals surface area contributed by atoms with Crippen molar-refractivity contribution in [1.29, 1.82) is 0 Å². The summed E-state index contributed by atoms with van der Waals surface area (Å²) in [5.74, 6) is -0.210. The first kappa shape index (κ1) is 14.2. The van der Waals surface area contributed by atoms with Gasteiger partial charge in [-0.1, -0.05) is 0 Å². The van der Waals surface area contributed by atoms with Crippen LogP contribution in [0.2, 0.25) is 0 Å². The van der Waals surface area contributed by atoms with Crippen molar-refractivity contribution >= 4 is 17.7 Å². The van der Waals surface area contributed by atoms with Gasteiger partial charge in [-0.05, 0) is 43.4 Å². The summed E-state index contributed by atoms with van der Waals surface area (Å²) in [4.78, 5) is 10.7. The number of hydrogen-bond donors (Lipinski definition) is 2. The molecule has 1 aliphatic rings. The minimum absolute atomic E-state index is 0.279. The molecule has 1 aromatic rings. The lowest BCUT2D eigenvalue weighted by Gasteiger charge is -2.13. The van der Waals surface area contributed by atoms with E-state index >= 15 is 0 Å². The molecule has 0 radical (unpaired) electrons. The van der Waals surface area contributed by atoms with E-state index < -0.39 is 5.97 Å². The first-order valence-corrected chi connectivity index (χ1v) is 7.60. The summed E-state index contributed by atoms with van der Waals surface area (Å²) in [7, 11) is 0. The van der Waals surface area contributed by atoms with Crippen molar-refractivity contribution in [2.75, 3.05) is 26.0 Å². The van der Waals surface area contributed by atoms with E-state index in [1.807, 2.05) is 11.8 Å². The third kappa shape index (κ3) is 4.14. The highest BCUT2D eigenvalue weighted by Gasteiger charge is 2.41. The van der Waals surface area contributed by atoms with Crippen molar-refractivity contribution in [3.63, 3.8) is 0 Å². The topological polar surface area (TPSA) is 58.6 Å². The van der Waals surface area contributed by atoms with Crippen LogP contribution in [0.25, 0.3) is 0 Å². The summed E-state index contributed by atoms with van der Waals surface area (Å²) < 4.78 is 6.02. The number of rotatable bonds is 8. The summed E-state index contributed by atoms with van der Waals surface area (Å²) in [6.07, 6.45) is 4.77. The first-order valence-electron chi connectivity index (χ1n) is 6.37. The average molecular weight is 281 g/mol. The van der Waals surface area contributed by atoms with Gasteiger partial charge in [-0.15, -0.1) is 0 Å². The Labute approximate surface area is 117 Å². The Morgan fingerprint density at radius 2 is 2.11 bits per heavy atom. The SMILES string of the molecule is CSC1(CNCCOc2ccc(C(=O)O)cc2)CC1. The van der Waals surface area contributed by atoms with Gasteiger partial charge in [-0.3, -0.25) is 0 Å². The van der Waals surface area contributed by atoms with Gasteiger partial charge in [0.05, 0.1) is 5.56 Å². The molecular formula is C14H19NO3S. The van der Waals surface area contributed by atoms with Crippen molar-refractivity contribution in [2.45, 2.75) is 17.6 Å². The highest BCUT2D eigenvalue weighted by atomic mass is 32.2. The second-order valence-corrected chi connectivity index (χ2v) is 6.02. The molecule has 0 amide bonds. The molecule has 0 saturated heterocycles. The molecule has 1 saturated carbocycles. The highest BCUT2D eigenvalue weighted by Crippen LogP contribution is 2.46. The van der Waals surface area contributed by atoms with Gasteiger partial charge in [0.2, 0.25) is 0 Å². The van der Waals surface area contributed by atoms with Gasteiger partial charge < -0.3 is 15.2 Å². The number of benzene rings is 1. The number of carbonyl (C=O) groups is 1. The fourth-order valence-corrected chi connectivity index (χ4v) is 2.60. The summed E-state index contributed by atoms with van der Waals surface area (Å²) in [6.45, 7) is 2.44. The molecular weight excluding hydrogens is 262 g/mol. The average Bonchev–Trinajstić information content (AvgIpc) is 3.19. The lowest BCUT2D eigenvalue weighted by atomic mass is 10.2. The van der Waals surface area contributed by atoms with Crippen LogP contribution in [0.1, 0.15) is 23.2 Å². The molecule has 1 fully saturated rings. The monoisotopic (exact) mass is 281 g/mol. The van der Waals surface area contributed by atoms with E-state index in [0.29, 0.717) is 17.1 Å². The van der Waals surface area contributed by atoms with E-state index in [9.17, 15) is 4.79 Å². The maximum Gasteiger partial charge on any atom is 0.335 e. The van der Waals surface area contributed by atoms with Gasteiger partial charge in [0, 0.05) is 17.8 Å². The Kier molecular flexibility index (Phi) is 4.71. The fraction of sp³-hybridized carbons (Fsp3) is 0.500. The van der Waals surface area contributed by atoms with E-state index in [1.165, 1.54) is 12.8 Å². The van der Waals surface area contributed by atoms with Crippen molar-refractivity contribution in [3.05, 3.63) is 29.8 Å². The predicted octanol–water partition coefficient (Wildman–Crippen LogP) is 2.25. The van der Waals surface area contributed by atoms with Gasteiger partial charge in [0.1, 0.15) is 12.4 Å². The zero-order valence-electron chi connectivity index (χ0n) is 11.0. The van der Waals surface area contributed by atoms with Gasteiger partial charge in [0.25, 0.3) is 0 Å². The zero-order valence-corrected chi connectivity index (χ0v) is 11.8. The third-order valence-corrected chi connectivity index (χ3v) is 4.76. The predicted molar refractivity (Wildman–Crippen MR) is 77.2 cm³/mol. The Morgan fingerprint density at radius 1 is 1.42 bits per heavy atom. The van der Waals surface area contributed by atoms with E-state index in [-0.39, 0.29) is 5.56 Å². The number of hydrogen-bond acceptors (Lipinski definition) is 4. The molecule has 0 bridgehead atoms. The largest absolute Gasteiger partial charge is 0.492 e. The standard InChI is InChI=1S/C14H19NO3S/c1-19-14(6-7-14)10-15-8-9-18-12-4-2-11(3-5-12)13(16)17/h2-5,15H,6-10H2,1H3,(H,16,17). The van der Waals surface area contributed by atoms with Crippen LogP contribution in [-0.4, -0.2) is 41.8 Å². The molecule has 0 spiro atoms. The van der Waals surface area contributed by atoms with Crippen LogP contribution in [0.3, 0.4) is 0 Å². The Morgan fingerprint density at radius 3 is 2.63 bits per heavy atom. The molecule has 0 unspecified atom stereocenters. The molecule has 2 N–H and O–H groups in total. The van der Waals surface area contributed by atoms with E-state index in [1.54, 1.807) is 24.3 Å². The van der Waals surface area contributed by atoms with E-state index in [2.05, 4.69) is 11.6 Å². The Bertz CT molecular complexity index is 429. The normalized spacial score (nSPS) is 16.1. The lowest BCUT2D eigenvalue weighted by Crippen LogP contribution is -2.29. The second kappa shape index (κ2) is 6.30. The second-order valence-electron chi connectivity index (χ2n) is 4.74. The molecule has 0 aromatic heterocycles. The van der Waals surface area contributed by atoms with Crippen LogP contribution in [0.4, 0.5) is 0 Å². The molecule has 0 heterocycles. The van der Waals surface area contributed by atoms with Crippen LogP contribution >= 0.6 is 11.8 Å². The summed E-state index contributed by atoms with van der Waals surface area (Å²) >= 11 is 1.94. The van der Waals surface area contributed by atoms with Crippen molar-refractivity contribution in [1.82, 2.24) is 5.32 Å². The number of carboxylic acid groups (broad SMARTS) is 1. The quantitative estimate of drug-likeness (QED) is 0.716. The smallest absolute Gasteiger partial charge is 0.335 e. The van der Waals surface area contributed by atoms with Crippen molar-refractivity contribution < 1.29 is 14.6 Å². The molecule has 19 heavy (non-hydrogen) atoms. The maximum absolute atomic E-state index is 10.7. The molecule has 2 rings (SSSR count). The summed E-state index contributed by atoms with van der Waals surface area (Å²) in [5.41, 5.74) is 0.279. The van der Waals surface area contributed by atoms with Crippen LogP contribution in [0.5, 0.6) is 5.75 Å². The van der Waals surface area contributed by atoms with Crippen LogP contribution < -0.4 is 10.1 Å². The van der Waals surface area contributed by atoms with Crippen molar-refractivity contribution in [2.24, 2.45) is 0 Å². The number of thioether (sulfide) groups is 1. The number of carboxylic acids is 1. The number of ether oxygens (including phenoxy) is 1. The number of aromatic carboxylic acids is 1. The lowest BCUT2D eigenvalue weighted by molar-refractivity contribution is 0.0697. The Balaban J connectivity index is 1.64. The zero-order chi connectivity index (χ0) is 13.7. The molecule has 1 aliphatic carbocycles. The molecule has 0 aliphatic heterocycles. The minimum Gasteiger partial charge on any atom is -0.492 e. The molecule has 104 valence electrons.